The molecule has 0 bridgehead atoms. The van der Waals surface area contributed by atoms with Crippen molar-refractivity contribution in [1.29, 1.82) is 0 Å². The minimum atomic E-state index is -4.90. The SMILES string of the molecule is CC(C)C(=O)OCC(=O)Nc1ccc([N+](=O)[O-])cc1C(F)(F)F. The van der Waals surface area contributed by atoms with Gasteiger partial charge in [-0.2, -0.15) is 13.2 Å². The largest absolute Gasteiger partial charge is 0.455 e. The number of nitrogens with zero attached hydrogens (tertiary/aromatic N) is 1. The number of carbonyl (C=O) groups excluding carboxylic acids is 2. The number of nitro groups is 1. The molecule has 0 aliphatic carbocycles. The third kappa shape index (κ3) is 5.24. The monoisotopic (exact) mass is 334 g/mol. The van der Waals surface area contributed by atoms with Crippen LogP contribution in [0.25, 0.3) is 0 Å². The van der Waals surface area contributed by atoms with E-state index in [0.29, 0.717) is 6.07 Å². The summed E-state index contributed by atoms with van der Waals surface area (Å²) in [6.07, 6.45) is -4.90. The van der Waals surface area contributed by atoms with E-state index in [2.05, 4.69) is 4.74 Å². The van der Waals surface area contributed by atoms with Crippen molar-refractivity contribution in [2.24, 2.45) is 5.92 Å². The average Bonchev–Trinajstić information content (AvgIpc) is 2.43. The van der Waals surface area contributed by atoms with Gasteiger partial charge in [-0.1, -0.05) is 13.8 Å². The molecule has 126 valence electrons. The van der Waals surface area contributed by atoms with Crippen LogP contribution < -0.4 is 5.32 Å². The van der Waals surface area contributed by atoms with Crippen LogP contribution in [0.5, 0.6) is 0 Å². The molecule has 0 aromatic heterocycles. The van der Waals surface area contributed by atoms with E-state index in [1.807, 2.05) is 5.32 Å². The van der Waals surface area contributed by atoms with Crippen LogP contribution in [0.2, 0.25) is 0 Å². The van der Waals surface area contributed by atoms with E-state index in [1.165, 1.54) is 13.8 Å². The number of nitro benzene ring substituents is 1. The number of hydrogen-bond donors (Lipinski definition) is 1. The molecule has 10 heteroatoms. The maximum atomic E-state index is 12.9. The fourth-order valence-electron chi connectivity index (χ4n) is 1.48. The highest BCUT2D eigenvalue weighted by Gasteiger charge is 2.35. The lowest BCUT2D eigenvalue weighted by atomic mass is 10.1. The molecular weight excluding hydrogens is 321 g/mol. The second kappa shape index (κ2) is 7.07. The highest BCUT2D eigenvalue weighted by molar-refractivity contribution is 5.93. The quantitative estimate of drug-likeness (QED) is 0.507. The highest BCUT2D eigenvalue weighted by Crippen LogP contribution is 2.37. The molecule has 0 aliphatic rings. The zero-order valence-electron chi connectivity index (χ0n) is 12.1. The van der Waals surface area contributed by atoms with Crippen molar-refractivity contribution >= 4 is 23.3 Å². The minimum absolute atomic E-state index is 0.315. The molecule has 0 fully saturated rings. The fraction of sp³-hybridized carbons (Fsp3) is 0.385. The van der Waals surface area contributed by atoms with Crippen molar-refractivity contribution < 1.29 is 32.4 Å². The number of nitrogens with one attached hydrogen (secondary N) is 1. The Morgan fingerprint density at radius 3 is 2.43 bits per heavy atom. The zero-order valence-corrected chi connectivity index (χ0v) is 12.1. The van der Waals surface area contributed by atoms with Crippen molar-refractivity contribution in [3.63, 3.8) is 0 Å². The number of carbonyl (C=O) groups is 2. The van der Waals surface area contributed by atoms with Crippen LogP contribution in [-0.4, -0.2) is 23.4 Å². The van der Waals surface area contributed by atoms with Gasteiger partial charge in [0.2, 0.25) is 0 Å². The summed E-state index contributed by atoms with van der Waals surface area (Å²) in [4.78, 5) is 32.3. The predicted molar refractivity (Wildman–Crippen MR) is 72.5 cm³/mol. The number of esters is 1. The van der Waals surface area contributed by atoms with Gasteiger partial charge in [-0.25, -0.2) is 0 Å². The lowest BCUT2D eigenvalue weighted by Gasteiger charge is -2.14. The topological polar surface area (TPSA) is 98.5 Å². The smallest absolute Gasteiger partial charge is 0.418 e. The molecule has 0 radical (unpaired) electrons. The second-order valence-electron chi connectivity index (χ2n) is 4.80. The van der Waals surface area contributed by atoms with Gasteiger partial charge in [0.25, 0.3) is 11.6 Å². The van der Waals surface area contributed by atoms with Crippen LogP contribution in [0.15, 0.2) is 18.2 Å². The van der Waals surface area contributed by atoms with E-state index >= 15 is 0 Å². The molecular formula is C13H13F3N2O5. The van der Waals surface area contributed by atoms with E-state index < -0.39 is 52.4 Å². The summed E-state index contributed by atoms with van der Waals surface area (Å²) in [5, 5.41) is 12.5. The Kier molecular flexibility index (Phi) is 5.66. The number of halogens is 3. The van der Waals surface area contributed by atoms with E-state index in [-0.39, 0.29) is 0 Å². The number of anilines is 1. The molecule has 1 amide bonds. The number of benzene rings is 1. The standard InChI is InChI=1S/C13H13F3N2O5/c1-7(2)12(20)23-6-11(19)17-10-4-3-8(18(21)22)5-9(10)13(14,15)16/h3-5,7H,6H2,1-2H3,(H,17,19). The van der Waals surface area contributed by atoms with Gasteiger partial charge in [0, 0.05) is 12.1 Å². The van der Waals surface area contributed by atoms with Crippen molar-refractivity contribution in [2.45, 2.75) is 20.0 Å². The summed E-state index contributed by atoms with van der Waals surface area (Å²) in [7, 11) is 0. The molecule has 1 N–H and O–H groups in total. The Labute approximate surface area is 128 Å². The third-order valence-corrected chi connectivity index (χ3v) is 2.61. The maximum Gasteiger partial charge on any atom is 0.418 e. The normalized spacial score (nSPS) is 11.2. The van der Waals surface area contributed by atoms with E-state index in [4.69, 9.17) is 0 Å². The number of alkyl halides is 3. The predicted octanol–water partition coefficient (Wildman–Crippen LogP) is 2.75. The van der Waals surface area contributed by atoms with Gasteiger partial charge in [-0.15, -0.1) is 0 Å². The molecule has 0 atom stereocenters. The van der Waals surface area contributed by atoms with Crippen LogP contribution in [-0.2, 0) is 20.5 Å². The molecule has 0 unspecified atom stereocenters. The minimum Gasteiger partial charge on any atom is -0.455 e. The highest BCUT2D eigenvalue weighted by atomic mass is 19.4. The van der Waals surface area contributed by atoms with Crippen molar-refractivity contribution in [3.8, 4) is 0 Å². The fourth-order valence-corrected chi connectivity index (χ4v) is 1.48. The van der Waals surface area contributed by atoms with Gasteiger partial charge < -0.3 is 10.1 Å². The molecule has 0 saturated heterocycles. The molecule has 0 spiro atoms. The molecule has 7 nitrogen and oxygen atoms in total. The Morgan fingerprint density at radius 2 is 1.96 bits per heavy atom. The lowest BCUT2D eigenvalue weighted by Crippen LogP contribution is -2.24. The molecule has 23 heavy (non-hydrogen) atoms. The van der Waals surface area contributed by atoms with Crippen molar-refractivity contribution in [1.82, 2.24) is 0 Å². The van der Waals surface area contributed by atoms with Gasteiger partial charge in [0.1, 0.15) is 0 Å². The molecule has 1 aromatic carbocycles. The first-order valence-electron chi connectivity index (χ1n) is 6.34. The summed E-state index contributed by atoms with van der Waals surface area (Å²) in [6, 6.07) is 1.91. The summed E-state index contributed by atoms with van der Waals surface area (Å²) in [5.74, 6) is -2.16. The van der Waals surface area contributed by atoms with E-state index in [1.54, 1.807) is 0 Å². The summed E-state index contributed by atoms with van der Waals surface area (Å²) in [6.45, 7) is 2.29. The first-order valence-corrected chi connectivity index (χ1v) is 6.34. The van der Waals surface area contributed by atoms with Crippen molar-refractivity contribution in [2.75, 3.05) is 11.9 Å². The average molecular weight is 334 g/mol. The van der Waals surface area contributed by atoms with E-state index in [9.17, 15) is 32.9 Å². The summed E-state index contributed by atoms with van der Waals surface area (Å²) in [5.41, 5.74) is -2.79. The molecule has 0 aliphatic heterocycles. The molecule has 1 rings (SSSR count). The number of ether oxygens (including phenoxy) is 1. The van der Waals surface area contributed by atoms with Crippen LogP contribution in [0, 0.1) is 16.0 Å². The lowest BCUT2D eigenvalue weighted by molar-refractivity contribution is -0.385. The first kappa shape index (κ1) is 18.4. The number of hydrogen-bond acceptors (Lipinski definition) is 5. The number of amides is 1. The van der Waals surface area contributed by atoms with Gasteiger partial charge in [0.05, 0.1) is 22.1 Å². The Hall–Kier alpha value is -2.65. The Bertz CT molecular complexity index is 629. The van der Waals surface area contributed by atoms with Crippen molar-refractivity contribution in [3.05, 3.63) is 33.9 Å². The third-order valence-electron chi connectivity index (χ3n) is 2.61. The maximum absolute atomic E-state index is 12.9. The number of non-ortho nitro benzene ring substituents is 1. The Morgan fingerprint density at radius 1 is 1.35 bits per heavy atom. The number of rotatable bonds is 5. The zero-order chi connectivity index (χ0) is 17.8. The van der Waals surface area contributed by atoms with Gasteiger partial charge in [0.15, 0.2) is 6.61 Å². The molecule has 0 saturated carbocycles. The summed E-state index contributed by atoms with van der Waals surface area (Å²) < 4.78 is 43.3. The second-order valence-corrected chi connectivity index (χ2v) is 4.80. The Balaban J connectivity index is 2.93. The molecule has 1 aromatic rings. The van der Waals surface area contributed by atoms with Gasteiger partial charge in [-0.05, 0) is 6.07 Å². The van der Waals surface area contributed by atoms with Crippen LogP contribution in [0.3, 0.4) is 0 Å². The van der Waals surface area contributed by atoms with Gasteiger partial charge >= 0.3 is 12.1 Å². The van der Waals surface area contributed by atoms with Crippen LogP contribution in [0.4, 0.5) is 24.5 Å². The summed E-state index contributed by atoms with van der Waals surface area (Å²) >= 11 is 0. The van der Waals surface area contributed by atoms with E-state index in [0.717, 1.165) is 12.1 Å². The van der Waals surface area contributed by atoms with Crippen LogP contribution >= 0.6 is 0 Å². The van der Waals surface area contributed by atoms with Gasteiger partial charge in [-0.3, -0.25) is 19.7 Å². The molecule has 0 heterocycles. The van der Waals surface area contributed by atoms with Crippen LogP contribution in [0.1, 0.15) is 19.4 Å². The first-order chi connectivity index (χ1) is 10.5.